The first-order valence-corrected chi connectivity index (χ1v) is 6.41. The van der Waals surface area contributed by atoms with Crippen molar-refractivity contribution in [2.45, 2.75) is 26.3 Å². The van der Waals surface area contributed by atoms with Crippen molar-refractivity contribution >= 4 is 23.2 Å². The third-order valence-electron chi connectivity index (χ3n) is 2.42. The van der Waals surface area contributed by atoms with Crippen LogP contribution in [0.1, 0.15) is 18.5 Å². The first-order chi connectivity index (χ1) is 8.54. The molecule has 0 saturated heterocycles. The van der Waals surface area contributed by atoms with Gasteiger partial charge < -0.3 is 14.6 Å². The highest BCUT2D eigenvalue weighted by atomic mass is 32.1. The van der Waals surface area contributed by atoms with Gasteiger partial charge in [-0.05, 0) is 6.92 Å². The minimum Gasteiger partial charge on any atom is -0.469 e. The Hall–Kier alpha value is -1.63. The summed E-state index contributed by atoms with van der Waals surface area (Å²) in [7, 11) is 1.30. The Bertz CT molecular complexity index is 478. The molecule has 0 aliphatic heterocycles. The molecule has 0 aliphatic carbocycles. The monoisotopic (exact) mass is 272 g/mol. The molecule has 0 aromatic carbocycles. The van der Waals surface area contributed by atoms with E-state index in [9.17, 15) is 14.4 Å². The maximum atomic E-state index is 11.5. The van der Waals surface area contributed by atoms with E-state index < -0.39 is 0 Å². The predicted octanol–water partition coefficient (Wildman–Crippen LogP) is 0.288. The van der Waals surface area contributed by atoms with Gasteiger partial charge in [-0.2, -0.15) is 0 Å². The van der Waals surface area contributed by atoms with E-state index in [0.717, 1.165) is 17.0 Å². The van der Waals surface area contributed by atoms with Gasteiger partial charge in [-0.25, -0.2) is 0 Å². The Kier molecular flexibility index (Phi) is 5.57. The van der Waals surface area contributed by atoms with Crippen molar-refractivity contribution in [3.05, 3.63) is 20.7 Å². The lowest BCUT2D eigenvalue weighted by molar-refractivity contribution is -0.140. The molecule has 0 unspecified atom stereocenters. The number of hydrogen-bond donors (Lipinski definition) is 1. The first kappa shape index (κ1) is 14.4. The van der Waals surface area contributed by atoms with E-state index in [-0.39, 0.29) is 36.1 Å². The van der Waals surface area contributed by atoms with Crippen LogP contribution >= 0.6 is 11.3 Å². The highest BCUT2D eigenvalue weighted by Crippen LogP contribution is 2.00. The summed E-state index contributed by atoms with van der Waals surface area (Å²) in [6.07, 6.45) is 0.373. The second kappa shape index (κ2) is 6.95. The Balaban J connectivity index is 2.30. The minimum atomic E-state index is -0.361. The van der Waals surface area contributed by atoms with Gasteiger partial charge in [-0.3, -0.25) is 14.4 Å². The van der Waals surface area contributed by atoms with Crippen molar-refractivity contribution in [1.29, 1.82) is 0 Å². The fourth-order valence-corrected chi connectivity index (χ4v) is 2.14. The molecule has 1 heterocycles. The van der Waals surface area contributed by atoms with Crippen LogP contribution in [-0.4, -0.2) is 30.1 Å². The molecule has 100 valence electrons. The molecule has 0 fully saturated rings. The number of nitrogens with zero attached hydrogens (tertiary/aromatic N) is 1. The second-order valence-electron chi connectivity index (χ2n) is 3.72. The van der Waals surface area contributed by atoms with Gasteiger partial charge in [0.2, 0.25) is 5.91 Å². The van der Waals surface area contributed by atoms with E-state index in [1.54, 1.807) is 9.95 Å². The number of carbonyl (C=O) groups excluding carboxylic acids is 2. The number of aryl methyl sites for hydroxylation is 1. The average Bonchev–Trinajstić information content (AvgIpc) is 2.66. The van der Waals surface area contributed by atoms with Crippen LogP contribution in [0.5, 0.6) is 0 Å². The number of methoxy groups -OCH3 is 1. The van der Waals surface area contributed by atoms with Crippen LogP contribution in [0.4, 0.5) is 0 Å². The molecule has 0 spiro atoms. The summed E-state index contributed by atoms with van der Waals surface area (Å²) in [5.74, 6) is -0.545. The van der Waals surface area contributed by atoms with Gasteiger partial charge in [0.25, 0.3) is 0 Å². The fraction of sp³-hybridized carbons (Fsp3) is 0.545. The molecule has 1 rings (SSSR count). The summed E-state index contributed by atoms with van der Waals surface area (Å²) < 4.78 is 6.01. The lowest BCUT2D eigenvalue weighted by atomic mass is 10.3. The summed E-state index contributed by atoms with van der Waals surface area (Å²) in [6.45, 7) is 2.44. The van der Waals surface area contributed by atoms with Crippen molar-refractivity contribution in [1.82, 2.24) is 9.88 Å². The lowest BCUT2D eigenvalue weighted by Crippen LogP contribution is -2.28. The third-order valence-corrected chi connectivity index (χ3v) is 3.30. The Morgan fingerprint density at radius 3 is 2.72 bits per heavy atom. The van der Waals surface area contributed by atoms with Gasteiger partial charge in [-0.15, -0.1) is 0 Å². The molecular formula is C11H16N2O4S. The topological polar surface area (TPSA) is 77.4 Å². The van der Waals surface area contributed by atoms with Crippen molar-refractivity contribution < 1.29 is 14.3 Å². The first-order valence-electron chi connectivity index (χ1n) is 5.53. The maximum absolute atomic E-state index is 11.5. The van der Waals surface area contributed by atoms with Crippen molar-refractivity contribution in [3.8, 4) is 0 Å². The molecular weight excluding hydrogens is 256 g/mol. The molecule has 0 bridgehead atoms. The summed E-state index contributed by atoms with van der Waals surface area (Å²) in [6, 6.07) is 0. The van der Waals surface area contributed by atoms with Gasteiger partial charge in [0.1, 0.15) is 0 Å². The standard InChI is InChI=1S/C11H16N2O4S/c1-8-7-18-11(16)13(8)6-4-9(14)12-5-3-10(15)17-2/h7H,3-6H2,1-2H3,(H,12,14). The number of aromatic nitrogens is 1. The van der Waals surface area contributed by atoms with E-state index in [1.807, 2.05) is 6.92 Å². The molecule has 6 nitrogen and oxygen atoms in total. The van der Waals surface area contributed by atoms with Crippen molar-refractivity contribution in [2.75, 3.05) is 13.7 Å². The quantitative estimate of drug-likeness (QED) is 0.755. The van der Waals surface area contributed by atoms with E-state index >= 15 is 0 Å². The number of nitrogens with one attached hydrogen (secondary N) is 1. The minimum absolute atomic E-state index is 0.0603. The Morgan fingerprint density at radius 2 is 2.17 bits per heavy atom. The van der Waals surface area contributed by atoms with Crippen molar-refractivity contribution in [3.63, 3.8) is 0 Å². The number of carbonyl (C=O) groups is 2. The largest absolute Gasteiger partial charge is 0.469 e. The lowest BCUT2D eigenvalue weighted by Gasteiger charge is -2.06. The summed E-state index contributed by atoms with van der Waals surface area (Å²) >= 11 is 1.12. The van der Waals surface area contributed by atoms with Crippen LogP contribution in [0, 0.1) is 6.92 Å². The van der Waals surface area contributed by atoms with E-state index in [2.05, 4.69) is 10.1 Å². The third kappa shape index (κ3) is 4.33. The van der Waals surface area contributed by atoms with Crippen LogP contribution in [-0.2, 0) is 20.9 Å². The predicted molar refractivity (Wildman–Crippen MR) is 67.6 cm³/mol. The van der Waals surface area contributed by atoms with E-state index in [4.69, 9.17) is 0 Å². The number of amides is 1. The smallest absolute Gasteiger partial charge is 0.307 e. The summed E-state index contributed by atoms with van der Waals surface area (Å²) in [4.78, 5) is 33.6. The van der Waals surface area contributed by atoms with E-state index in [0.29, 0.717) is 6.54 Å². The van der Waals surface area contributed by atoms with Crippen LogP contribution in [0.2, 0.25) is 0 Å². The van der Waals surface area contributed by atoms with E-state index in [1.165, 1.54) is 7.11 Å². The molecule has 1 amide bonds. The van der Waals surface area contributed by atoms with Crippen molar-refractivity contribution in [2.24, 2.45) is 0 Å². The number of esters is 1. The van der Waals surface area contributed by atoms with Gasteiger partial charge in [0, 0.05) is 30.6 Å². The molecule has 0 saturated carbocycles. The zero-order valence-electron chi connectivity index (χ0n) is 10.4. The van der Waals surface area contributed by atoms with Crippen LogP contribution in [0.15, 0.2) is 10.2 Å². The van der Waals surface area contributed by atoms with Crippen LogP contribution in [0.25, 0.3) is 0 Å². The molecule has 18 heavy (non-hydrogen) atoms. The van der Waals surface area contributed by atoms with Crippen LogP contribution < -0.4 is 10.2 Å². The highest BCUT2D eigenvalue weighted by molar-refractivity contribution is 7.07. The average molecular weight is 272 g/mol. The van der Waals surface area contributed by atoms with Gasteiger partial charge in [0.15, 0.2) is 0 Å². The summed E-state index contributed by atoms with van der Waals surface area (Å²) in [5.41, 5.74) is 0.854. The fourth-order valence-electron chi connectivity index (χ4n) is 1.38. The zero-order valence-corrected chi connectivity index (χ0v) is 11.2. The molecule has 1 aromatic rings. The number of thiazole rings is 1. The molecule has 1 aromatic heterocycles. The molecule has 0 aliphatic rings. The molecule has 0 radical (unpaired) electrons. The maximum Gasteiger partial charge on any atom is 0.307 e. The normalized spacial score (nSPS) is 10.1. The second-order valence-corrected chi connectivity index (χ2v) is 4.54. The zero-order chi connectivity index (χ0) is 13.5. The molecule has 0 atom stereocenters. The SMILES string of the molecule is COC(=O)CCNC(=O)CCn1c(C)csc1=O. The van der Waals surface area contributed by atoms with Crippen LogP contribution in [0.3, 0.4) is 0 Å². The number of ether oxygens (including phenoxy) is 1. The Labute approximate surface area is 109 Å². The van der Waals surface area contributed by atoms with Gasteiger partial charge in [-0.1, -0.05) is 11.3 Å². The Morgan fingerprint density at radius 1 is 1.44 bits per heavy atom. The number of rotatable bonds is 6. The highest BCUT2D eigenvalue weighted by Gasteiger charge is 2.07. The molecule has 7 heteroatoms. The van der Waals surface area contributed by atoms with Gasteiger partial charge >= 0.3 is 10.8 Å². The number of hydrogen-bond acceptors (Lipinski definition) is 5. The summed E-state index contributed by atoms with van der Waals surface area (Å²) in [5, 5.41) is 4.36. The molecule has 1 N–H and O–H groups in total. The van der Waals surface area contributed by atoms with Gasteiger partial charge in [0.05, 0.1) is 13.5 Å².